The first-order valence-electron chi connectivity index (χ1n) is 4.69. The topological polar surface area (TPSA) is 60.7 Å². The average molecular weight is 204 g/mol. The molecule has 15 heavy (non-hydrogen) atoms. The van der Waals surface area contributed by atoms with E-state index in [-0.39, 0.29) is 5.43 Å². The van der Waals surface area contributed by atoms with Gasteiger partial charge >= 0.3 is 0 Å². The van der Waals surface area contributed by atoms with Crippen LogP contribution in [-0.2, 0) is 7.05 Å². The molecule has 0 N–H and O–H groups in total. The first-order valence-corrected chi connectivity index (χ1v) is 4.69. The van der Waals surface area contributed by atoms with E-state index in [0.717, 1.165) is 5.69 Å². The predicted octanol–water partition coefficient (Wildman–Crippen LogP) is 0.649. The van der Waals surface area contributed by atoms with Crippen LogP contribution < -0.4 is 5.43 Å². The minimum Gasteiger partial charge on any atom is -0.285 e. The summed E-state index contributed by atoms with van der Waals surface area (Å²) in [5.74, 6) is 0.614. The Hall–Kier alpha value is -1.78. The second kappa shape index (κ2) is 3.12. The van der Waals surface area contributed by atoms with Gasteiger partial charge in [-0.3, -0.25) is 9.48 Å². The second-order valence-corrected chi connectivity index (χ2v) is 3.59. The third kappa shape index (κ3) is 1.40. The minimum atomic E-state index is -0.114. The van der Waals surface area contributed by atoms with E-state index >= 15 is 0 Å². The Kier molecular flexibility index (Phi) is 2.03. The van der Waals surface area contributed by atoms with Crippen LogP contribution in [0.25, 0.3) is 11.0 Å². The molecule has 2 heterocycles. The lowest BCUT2D eigenvalue weighted by molar-refractivity contribution is 0.744. The van der Waals surface area contributed by atoms with Gasteiger partial charge in [0.25, 0.3) is 0 Å². The molecule has 5 nitrogen and oxygen atoms in total. The van der Waals surface area contributed by atoms with E-state index in [9.17, 15) is 4.79 Å². The maximum Gasteiger partial charge on any atom is 0.229 e. The van der Waals surface area contributed by atoms with Crippen LogP contribution in [-0.4, -0.2) is 19.7 Å². The Morgan fingerprint density at radius 3 is 2.40 bits per heavy atom. The highest BCUT2D eigenvalue weighted by molar-refractivity contribution is 5.76. The summed E-state index contributed by atoms with van der Waals surface area (Å²) in [6.07, 6.45) is 0. The summed E-state index contributed by atoms with van der Waals surface area (Å²) in [7, 11) is 1.79. The molecular weight excluding hydrogens is 192 g/mol. The zero-order valence-electron chi connectivity index (χ0n) is 9.20. The number of nitrogens with zero attached hydrogens (tertiary/aromatic N) is 4. The SMILES string of the molecule is Cc1nc(C)c2c(n1)c(=O)c(C)nn2C. The van der Waals surface area contributed by atoms with E-state index < -0.39 is 0 Å². The minimum absolute atomic E-state index is 0.114. The molecule has 0 saturated heterocycles. The largest absolute Gasteiger partial charge is 0.285 e. The van der Waals surface area contributed by atoms with Crippen LogP contribution in [0.15, 0.2) is 4.79 Å². The van der Waals surface area contributed by atoms with Crippen molar-refractivity contribution in [2.45, 2.75) is 20.8 Å². The van der Waals surface area contributed by atoms with Crippen molar-refractivity contribution >= 4 is 11.0 Å². The molecule has 0 radical (unpaired) electrons. The lowest BCUT2D eigenvalue weighted by Gasteiger charge is -2.07. The van der Waals surface area contributed by atoms with E-state index in [1.807, 2.05) is 6.92 Å². The molecule has 5 heteroatoms. The van der Waals surface area contributed by atoms with Crippen molar-refractivity contribution in [2.24, 2.45) is 7.05 Å². The van der Waals surface area contributed by atoms with Crippen LogP contribution in [0.3, 0.4) is 0 Å². The second-order valence-electron chi connectivity index (χ2n) is 3.59. The van der Waals surface area contributed by atoms with Crippen LogP contribution in [0.1, 0.15) is 17.2 Å². The zero-order valence-corrected chi connectivity index (χ0v) is 9.20. The number of aromatic nitrogens is 4. The number of aryl methyl sites for hydroxylation is 4. The lowest BCUT2D eigenvalue weighted by Crippen LogP contribution is -2.17. The van der Waals surface area contributed by atoms with Gasteiger partial charge in [-0.15, -0.1) is 0 Å². The molecule has 0 aliphatic carbocycles. The molecule has 2 rings (SSSR count). The molecule has 0 atom stereocenters. The molecular formula is C10H12N4O. The van der Waals surface area contributed by atoms with E-state index in [1.54, 1.807) is 25.6 Å². The Bertz CT molecular complexity index is 592. The molecule has 0 aromatic carbocycles. The first-order chi connectivity index (χ1) is 7.00. The number of hydrogen-bond donors (Lipinski definition) is 0. The Labute approximate surface area is 86.8 Å². The fourth-order valence-corrected chi connectivity index (χ4v) is 1.74. The van der Waals surface area contributed by atoms with E-state index in [4.69, 9.17) is 0 Å². The highest BCUT2D eigenvalue weighted by Gasteiger charge is 2.10. The summed E-state index contributed by atoms with van der Waals surface area (Å²) in [5.41, 5.74) is 2.29. The van der Waals surface area contributed by atoms with Gasteiger partial charge in [-0.05, 0) is 20.8 Å². The summed E-state index contributed by atoms with van der Waals surface area (Å²) in [6, 6.07) is 0. The standard InChI is InChI=1S/C10H12N4O/c1-5-9-8(12-7(3)11-5)10(15)6(2)13-14(9)4/h1-4H3. The molecule has 0 spiro atoms. The predicted molar refractivity (Wildman–Crippen MR) is 56.8 cm³/mol. The fourth-order valence-electron chi connectivity index (χ4n) is 1.74. The lowest BCUT2D eigenvalue weighted by atomic mass is 10.2. The third-order valence-electron chi connectivity index (χ3n) is 2.34. The Morgan fingerprint density at radius 1 is 1.07 bits per heavy atom. The van der Waals surface area contributed by atoms with Crippen molar-refractivity contribution in [2.75, 3.05) is 0 Å². The molecule has 0 aliphatic rings. The number of hydrogen-bond acceptors (Lipinski definition) is 4. The van der Waals surface area contributed by atoms with Gasteiger partial charge in [-0.25, -0.2) is 9.97 Å². The van der Waals surface area contributed by atoms with Crippen molar-refractivity contribution in [3.63, 3.8) is 0 Å². The summed E-state index contributed by atoms with van der Waals surface area (Å²) in [4.78, 5) is 20.2. The highest BCUT2D eigenvalue weighted by Crippen LogP contribution is 2.10. The van der Waals surface area contributed by atoms with Gasteiger partial charge in [-0.2, -0.15) is 5.10 Å². The van der Waals surface area contributed by atoms with Gasteiger partial charge in [0, 0.05) is 7.05 Å². The van der Waals surface area contributed by atoms with E-state index in [1.165, 1.54) is 0 Å². The molecule has 0 amide bonds. The maximum atomic E-state index is 11.8. The maximum absolute atomic E-state index is 11.8. The highest BCUT2D eigenvalue weighted by atomic mass is 16.1. The molecule has 2 aromatic rings. The molecule has 0 saturated carbocycles. The van der Waals surface area contributed by atoms with Crippen LogP contribution in [0.5, 0.6) is 0 Å². The molecule has 2 aromatic heterocycles. The average Bonchev–Trinajstić information content (AvgIpc) is 2.12. The molecule has 0 bridgehead atoms. The summed E-state index contributed by atoms with van der Waals surface area (Å²) >= 11 is 0. The Balaban J connectivity index is 3.10. The first kappa shape index (κ1) is 9.76. The van der Waals surface area contributed by atoms with Crippen LogP contribution >= 0.6 is 0 Å². The van der Waals surface area contributed by atoms with Crippen molar-refractivity contribution in [1.29, 1.82) is 0 Å². The van der Waals surface area contributed by atoms with E-state index in [2.05, 4.69) is 15.1 Å². The van der Waals surface area contributed by atoms with E-state index in [0.29, 0.717) is 22.6 Å². The fraction of sp³-hybridized carbons (Fsp3) is 0.400. The quantitative estimate of drug-likeness (QED) is 0.632. The normalized spacial score (nSPS) is 10.9. The van der Waals surface area contributed by atoms with Gasteiger partial charge in [0.15, 0.2) is 0 Å². The molecule has 0 fully saturated rings. The molecule has 0 aliphatic heterocycles. The zero-order chi connectivity index (χ0) is 11.2. The number of fused-ring (bicyclic) bond motifs is 1. The molecule has 78 valence electrons. The summed E-state index contributed by atoms with van der Waals surface area (Å²) < 4.78 is 1.65. The van der Waals surface area contributed by atoms with Crippen molar-refractivity contribution in [1.82, 2.24) is 19.7 Å². The van der Waals surface area contributed by atoms with Gasteiger partial charge in [0.05, 0.1) is 5.69 Å². The van der Waals surface area contributed by atoms with Gasteiger partial charge in [-0.1, -0.05) is 0 Å². The van der Waals surface area contributed by atoms with Crippen LogP contribution in [0, 0.1) is 20.8 Å². The molecule has 0 unspecified atom stereocenters. The summed E-state index contributed by atoms with van der Waals surface area (Å²) in [5, 5.41) is 4.12. The number of rotatable bonds is 0. The smallest absolute Gasteiger partial charge is 0.229 e. The Morgan fingerprint density at radius 2 is 1.73 bits per heavy atom. The monoisotopic (exact) mass is 204 g/mol. The van der Waals surface area contributed by atoms with Gasteiger partial charge < -0.3 is 0 Å². The van der Waals surface area contributed by atoms with Gasteiger partial charge in [0.1, 0.15) is 22.6 Å². The third-order valence-corrected chi connectivity index (χ3v) is 2.34. The van der Waals surface area contributed by atoms with Crippen LogP contribution in [0.4, 0.5) is 0 Å². The van der Waals surface area contributed by atoms with Crippen molar-refractivity contribution in [3.05, 3.63) is 27.4 Å². The van der Waals surface area contributed by atoms with Crippen molar-refractivity contribution < 1.29 is 0 Å². The van der Waals surface area contributed by atoms with Gasteiger partial charge in [0.2, 0.25) is 5.43 Å². The van der Waals surface area contributed by atoms with Crippen LogP contribution in [0.2, 0.25) is 0 Å². The summed E-state index contributed by atoms with van der Waals surface area (Å²) in [6.45, 7) is 5.32. The van der Waals surface area contributed by atoms with Crippen molar-refractivity contribution in [3.8, 4) is 0 Å².